The Bertz CT molecular complexity index is 1310. The average Bonchev–Trinajstić information content (AvgIpc) is 2.74. The summed E-state index contributed by atoms with van der Waals surface area (Å²) in [4.78, 5) is 9.15. The number of ether oxygens (including phenoxy) is 1. The minimum absolute atomic E-state index is 0.0895. The van der Waals surface area contributed by atoms with Crippen molar-refractivity contribution in [3.8, 4) is 5.75 Å². The van der Waals surface area contributed by atoms with E-state index >= 15 is 0 Å². The van der Waals surface area contributed by atoms with Crippen LogP contribution in [0.5, 0.6) is 5.75 Å². The van der Waals surface area contributed by atoms with Gasteiger partial charge in [-0.05, 0) is 54.6 Å². The molecule has 0 bridgehead atoms. The number of aromatic nitrogens is 2. The topological polar surface area (TPSA) is 93.2 Å². The Balaban J connectivity index is 1.75. The second kappa shape index (κ2) is 8.29. The summed E-state index contributed by atoms with van der Waals surface area (Å²) in [5.74, 6) is 0.963. The van der Waals surface area contributed by atoms with Crippen LogP contribution in [0.15, 0.2) is 82.2 Å². The SMILES string of the molecule is COc1ccc(S(=O)(=O)Nc2nc3ccccc3nc2Nc2cccc(Br)c2)cc1. The molecule has 0 aliphatic heterocycles. The second-order valence-corrected chi connectivity index (χ2v) is 8.92. The Kier molecular flexibility index (Phi) is 5.56. The van der Waals surface area contributed by atoms with Crippen LogP contribution in [-0.4, -0.2) is 25.5 Å². The number of nitrogens with zero attached hydrogens (tertiary/aromatic N) is 2. The quantitative estimate of drug-likeness (QED) is 0.402. The number of fused-ring (bicyclic) bond motifs is 1. The highest BCUT2D eigenvalue weighted by Gasteiger charge is 2.19. The molecule has 0 saturated heterocycles. The molecule has 0 fully saturated rings. The summed E-state index contributed by atoms with van der Waals surface area (Å²) in [5.41, 5.74) is 1.95. The van der Waals surface area contributed by atoms with Gasteiger partial charge in [-0.1, -0.05) is 34.1 Å². The van der Waals surface area contributed by atoms with Crippen molar-refractivity contribution < 1.29 is 13.2 Å². The minimum Gasteiger partial charge on any atom is -0.497 e. The van der Waals surface area contributed by atoms with E-state index in [1.807, 2.05) is 42.5 Å². The van der Waals surface area contributed by atoms with Gasteiger partial charge in [0.2, 0.25) is 0 Å². The van der Waals surface area contributed by atoms with Gasteiger partial charge in [0.1, 0.15) is 5.75 Å². The number of anilines is 3. The fraction of sp³-hybridized carbons (Fsp3) is 0.0476. The molecule has 0 radical (unpaired) electrons. The molecule has 1 heterocycles. The van der Waals surface area contributed by atoms with E-state index in [1.165, 1.54) is 19.2 Å². The molecule has 3 aromatic carbocycles. The van der Waals surface area contributed by atoms with Crippen LogP contribution in [0.1, 0.15) is 0 Å². The third kappa shape index (κ3) is 4.37. The summed E-state index contributed by atoms with van der Waals surface area (Å²) in [5, 5.41) is 3.15. The monoisotopic (exact) mass is 484 g/mol. The lowest BCUT2D eigenvalue weighted by Gasteiger charge is -2.14. The smallest absolute Gasteiger partial charge is 0.263 e. The Hall–Kier alpha value is -3.17. The molecule has 1 aromatic heterocycles. The highest BCUT2D eigenvalue weighted by atomic mass is 79.9. The van der Waals surface area contributed by atoms with Crippen molar-refractivity contribution in [3.05, 3.63) is 77.3 Å². The first-order valence-electron chi connectivity index (χ1n) is 8.91. The van der Waals surface area contributed by atoms with Gasteiger partial charge in [-0.25, -0.2) is 18.4 Å². The lowest BCUT2D eigenvalue weighted by Crippen LogP contribution is -2.16. The van der Waals surface area contributed by atoms with E-state index in [9.17, 15) is 8.42 Å². The third-order valence-electron chi connectivity index (χ3n) is 4.26. The van der Waals surface area contributed by atoms with Gasteiger partial charge in [-0.2, -0.15) is 0 Å². The summed E-state index contributed by atoms with van der Waals surface area (Å²) in [6.07, 6.45) is 0. The van der Waals surface area contributed by atoms with Crippen LogP contribution >= 0.6 is 15.9 Å². The van der Waals surface area contributed by atoms with Crippen molar-refractivity contribution in [1.82, 2.24) is 9.97 Å². The van der Waals surface area contributed by atoms with E-state index in [2.05, 4.69) is 35.9 Å². The van der Waals surface area contributed by atoms with Gasteiger partial charge < -0.3 is 10.1 Å². The maximum atomic E-state index is 12.9. The maximum absolute atomic E-state index is 12.9. The number of nitrogens with one attached hydrogen (secondary N) is 2. The summed E-state index contributed by atoms with van der Waals surface area (Å²) in [6, 6.07) is 20.8. The van der Waals surface area contributed by atoms with Crippen LogP contribution in [0.25, 0.3) is 11.0 Å². The second-order valence-electron chi connectivity index (χ2n) is 6.33. The lowest BCUT2D eigenvalue weighted by molar-refractivity contribution is 0.414. The first-order valence-corrected chi connectivity index (χ1v) is 11.2. The lowest BCUT2D eigenvalue weighted by atomic mass is 10.3. The molecule has 0 amide bonds. The van der Waals surface area contributed by atoms with E-state index in [1.54, 1.807) is 18.2 Å². The number of para-hydroxylation sites is 2. The molecule has 0 unspecified atom stereocenters. The highest BCUT2D eigenvalue weighted by molar-refractivity contribution is 9.10. The van der Waals surface area contributed by atoms with Crippen molar-refractivity contribution in [2.75, 3.05) is 17.1 Å². The predicted molar refractivity (Wildman–Crippen MR) is 121 cm³/mol. The molecule has 0 saturated carbocycles. The summed E-state index contributed by atoms with van der Waals surface area (Å²) in [6.45, 7) is 0. The average molecular weight is 485 g/mol. The fourth-order valence-corrected chi connectivity index (χ4v) is 4.21. The highest BCUT2D eigenvalue weighted by Crippen LogP contribution is 2.28. The van der Waals surface area contributed by atoms with Gasteiger partial charge in [0, 0.05) is 10.2 Å². The number of rotatable bonds is 6. The van der Waals surface area contributed by atoms with Gasteiger partial charge in [-0.15, -0.1) is 0 Å². The van der Waals surface area contributed by atoms with Gasteiger partial charge >= 0.3 is 0 Å². The molecule has 30 heavy (non-hydrogen) atoms. The molecule has 2 N–H and O–H groups in total. The zero-order valence-corrected chi connectivity index (χ0v) is 18.2. The Morgan fingerprint density at radius 1 is 0.867 bits per heavy atom. The van der Waals surface area contributed by atoms with Crippen molar-refractivity contribution >= 4 is 54.3 Å². The number of hydrogen-bond acceptors (Lipinski definition) is 6. The van der Waals surface area contributed by atoms with Gasteiger partial charge in [0.15, 0.2) is 11.6 Å². The van der Waals surface area contributed by atoms with Crippen LogP contribution in [0.4, 0.5) is 17.3 Å². The van der Waals surface area contributed by atoms with Gasteiger partial charge in [0.05, 0.1) is 23.0 Å². The number of benzene rings is 3. The van der Waals surface area contributed by atoms with Crippen LogP contribution < -0.4 is 14.8 Å². The van der Waals surface area contributed by atoms with Crippen LogP contribution in [0, 0.1) is 0 Å². The summed E-state index contributed by atoms with van der Waals surface area (Å²) >= 11 is 3.43. The van der Waals surface area contributed by atoms with Crippen molar-refractivity contribution in [3.63, 3.8) is 0 Å². The first kappa shape index (κ1) is 20.1. The van der Waals surface area contributed by atoms with Crippen molar-refractivity contribution in [2.45, 2.75) is 4.90 Å². The summed E-state index contributed by atoms with van der Waals surface area (Å²) < 4.78 is 34.4. The fourth-order valence-electron chi connectivity index (χ4n) is 2.80. The number of sulfonamides is 1. The van der Waals surface area contributed by atoms with Gasteiger partial charge in [0.25, 0.3) is 10.0 Å². The number of methoxy groups -OCH3 is 1. The molecule has 152 valence electrons. The third-order valence-corrected chi connectivity index (χ3v) is 6.11. The Morgan fingerprint density at radius 2 is 1.53 bits per heavy atom. The molecule has 0 atom stereocenters. The van der Waals surface area contributed by atoms with Crippen molar-refractivity contribution in [2.24, 2.45) is 0 Å². The predicted octanol–water partition coefficient (Wildman–Crippen LogP) is 4.95. The van der Waals surface area contributed by atoms with Gasteiger partial charge in [-0.3, -0.25) is 4.72 Å². The van der Waals surface area contributed by atoms with E-state index in [0.29, 0.717) is 22.6 Å². The zero-order chi connectivity index (χ0) is 21.1. The van der Waals surface area contributed by atoms with E-state index in [0.717, 1.165) is 10.2 Å². The number of hydrogen-bond donors (Lipinski definition) is 2. The summed E-state index contributed by atoms with van der Waals surface area (Å²) in [7, 11) is -2.37. The van der Waals surface area contributed by atoms with Crippen LogP contribution in [0.2, 0.25) is 0 Å². The molecule has 0 aliphatic rings. The van der Waals surface area contributed by atoms with Crippen molar-refractivity contribution in [1.29, 1.82) is 0 Å². The Morgan fingerprint density at radius 3 is 2.17 bits per heavy atom. The number of halogens is 1. The molecule has 9 heteroatoms. The minimum atomic E-state index is -3.89. The van der Waals surface area contributed by atoms with E-state index < -0.39 is 10.0 Å². The van der Waals surface area contributed by atoms with Crippen LogP contribution in [0.3, 0.4) is 0 Å². The molecule has 0 aliphatic carbocycles. The standard InChI is InChI=1S/C21H17BrN4O3S/c1-29-16-9-11-17(12-10-16)30(27,28)26-21-20(23-15-6-4-5-14(22)13-15)24-18-7-2-3-8-19(18)25-21/h2-13H,1H3,(H,23,24)(H,25,26). The normalized spacial score (nSPS) is 11.3. The Labute approximate surface area is 182 Å². The largest absolute Gasteiger partial charge is 0.497 e. The zero-order valence-electron chi connectivity index (χ0n) is 15.8. The van der Waals surface area contributed by atoms with E-state index in [4.69, 9.17) is 4.74 Å². The molecular weight excluding hydrogens is 468 g/mol. The van der Waals surface area contributed by atoms with E-state index in [-0.39, 0.29) is 10.7 Å². The molecule has 4 rings (SSSR count). The molecule has 0 spiro atoms. The molecular formula is C21H17BrN4O3S. The maximum Gasteiger partial charge on any atom is 0.263 e. The molecule has 4 aromatic rings. The first-order chi connectivity index (χ1) is 14.4. The molecule has 7 nitrogen and oxygen atoms in total. The van der Waals surface area contributed by atoms with Crippen LogP contribution in [-0.2, 0) is 10.0 Å².